The average molecular weight is 230 g/mol. The molecule has 88 valence electrons. The molecule has 17 heavy (non-hydrogen) atoms. The summed E-state index contributed by atoms with van der Waals surface area (Å²) >= 11 is 0. The summed E-state index contributed by atoms with van der Waals surface area (Å²) in [5, 5.41) is 0. The van der Waals surface area contributed by atoms with Crippen molar-refractivity contribution in [2.75, 3.05) is 5.73 Å². The molecule has 2 aromatic rings. The maximum absolute atomic E-state index is 14.0. The van der Waals surface area contributed by atoms with Gasteiger partial charge in [-0.3, -0.25) is 0 Å². The van der Waals surface area contributed by atoms with E-state index in [-0.39, 0.29) is 5.82 Å². The molecule has 0 saturated heterocycles. The monoisotopic (exact) mass is 230 g/mol. The molecule has 0 fully saturated rings. The lowest BCUT2D eigenvalue weighted by Crippen LogP contribution is -1.98. The number of halogens is 1. The van der Waals surface area contributed by atoms with Gasteiger partial charge in [0.1, 0.15) is 11.6 Å². The highest BCUT2D eigenvalue weighted by Crippen LogP contribution is 2.31. The fourth-order valence-corrected chi connectivity index (χ4v) is 2.04. The lowest BCUT2D eigenvalue weighted by Gasteiger charge is -2.11. The van der Waals surface area contributed by atoms with Crippen LogP contribution in [-0.2, 0) is 0 Å². The first-order chi connectivity index (χ1) is 7.99. The van der Waals surface area contributed by atoms with Crippen molar-refractivity contribution in [3.05, 3.63) is 46.9 Å². The molecule has 0 bridgehead atoms. The third kappa shape index (κ3) is 2.13. The minimum absolute atomic E-state index is 0.249. The quantitative estimate of drug-likeness (QED) is 0.815. The van der Waals surface area contributed by atoms with Crippen molar-refractivity contribution in [3.63, 3.8) is 0 Å². The molecule has 1 aromatic heterocycles. The predicted molar refractivity (Wildman–Crippen MR) is 68.3 cm³/mol. The second kappa shape index (κ2) is 4.17. The molecule has 0 atom stereocenters. The van der Waals surface area contributed by atoms with E-state index >= 15 is 0 Å². The smallest absolute Gasteiger partial charge is 0.131 e. The molecule has 2 rings (SSSR count). The van der Waals surface area contributed by atoms with Crippen LogP contribution in [0, 0.1) is 26.6 Å². The Hall–Kier alpha value is -1.90. The van der Waals surface area contributed by atoms with Gasteiger partial charge >= 0.3 is 0 Å². The number of pyridine rings is 1. The number of anilines is 1. The summed E-state index contributed by atoms with van der Waals surface area (Å²) in [6.07, 6.45) is 1.68. The van der Waals surface area contributed by atoms with Crippen LogP contribution in [0.2, 0.25) is 0 Å². The van der Waals surface area contributed by atoms with E-state index in [1.165, 1.54) is 6.07 Å². The largest absolute Gasteiger partial charge is 0.383 e. The zero-order valence-electron chi connectivity index (χ0n) is 10.2. The number of hydrogen-bond donors (Lipinski definition) is 1. The Bertz CT molecular complexity index is 553. The molecule has 3 heteroatoms. The van der Waals surface area contributed by atoms with Crippen LogP contribution in [0.15, 0.2) is 24.4 Å². The lowest BCUT2D eigenvalue weighted by atomic mass is 9.97. The molecule has 0 radical (unpaired) electrons. The van der Waals surface area contributed by atoms with Gasteiger partial charge in [0.05, 0.1) is 0 Å². The number of hydrogen-bond acceptors (Lipinski definition) is 2. The van der Waals surface area contributed by atoms with Crippen molar-refractivity contribution in [2.24, 2.45) is 0 Å². The van der Waals surface area contributed by atoms with Gasteiger partial charge in [0.2, 0.25) is 0 Å². The second-order valence-corrected chi connectivity index (χ2v) is 4.38. The van der Waals surface area contributed by atoms with E-state index in [4.69, 9.17) is 5.73 Å². The maximum atomic E-state index is 14.0. The van der Waals surface area contributed by atoms with Crippen molar-refractivity contribution in [1.82, 2.24) is 4.98 Å². The van der Waals surface area contributed by atoms with Crippen LogP contribution in [0.4, 0.5) is 10.2 Å². The van der Waals surface area contributed by atoms with Crippen LogP contribution < -0.4 is 5.73 Å². The highest BCUT2D eigenvalue weighted by Gasteiger charge is 2.13. The number of nitrogen functional groups attached to an aromatic ring is 1. The standard InChI is InChI=1S/C14H15FN2/c1-8-4-10(3)13(12(15)6-8)11-5-9(2)7-17-14(11)16/h4-7H,1-3H3,(H2,16,17). The molecule has 2 nitrogen and oxygen atoms in total. The van der Waals surface area contributed by atoms with Gasteiger partial charge in [-0.2, -0.15) is 0 Å². The van der Waals surface area contributed by atoms with Crippen molar-refractivity contribution >= 4 is 5.82 Å². The van der Waals surface area contributed by atoms with E-state index < -0.39 is 0 Å². The zero-order valence-corrected chi connectivity index (χ0v) is 10.2. The van der Waals surface area contributed by atoms with Crippen LogP contribution in [-0.4, -0.2) is 4.98 Å². The molecule has 0 spiro atoms. The van der Waals surface area contributed by atoms with Gasteiger partial charge in [0, 0.05) is 17.3 Å². The highest BCUT2D eigenvalue weighted by atomic mass is 19.1. The van der Waals surface area contributed by atoms with E-state index in [1.807, 2.05) is 32.9 Å². The Kier molecular flexibility index (Phi) is 2.84. The lowest BCUT2D eigenvalue weighted by molar-refractivity contribution is 0.629. The summed E-state index contributed by atoms with van der Waals surface area (Å²) < 4.78 is 14.0. The van der Waals surface area contributed by atoms with E-state index in [2.05, 4.69) is 4.98 Å². The first-order valence-corrected chi connectivity index (χ1v) is 5.48. The topological polar surface area (TPSA) is 38.9 Å². The molecular weight excluding hydrogens is 215 g/mol. The third-order valence-electron chi connectivity index (χ3n) is 2.76. The average Bonchev–Trinajstić information content (AvgIpc) is 2.21. The van der Waals surface area contributed by atoms with E-state index in [0.717, 1.165) is 16.7 Å². The van der Waals surface area contributed by atoms with Crippen molar-refractivity contribution in [2.45, 2.75) is 20.8 Å². The summed E-state index contributed by atoms with van der Waals surface area (Å²) in [6, 6.07) is 5.33. The molecule has 0 saturated carbocycles. The molecule has 0 aliphatic rings. The van der Waals surface area contributed by atoms with Gasteiger partial charge in [-0.15, -0.1) is 0 Å². The first kappa shape index (κ1) is 11.6. The van der Waals surface area contributed by atoms with Gasteiger partial charge in [-0.25, -0.2) is 9.37 Å². The number of nitrogens with zero attached hydrogens (tertiary/aromatic N) is 1. The first-order valence-electron chi connectivity index (χ1n) is 5.48. The SMILES string of the molecule is Cc1cc(C)c(-c2cc(C)cnc2N)c(F)c1. The Balaban J connectivity index is 2.72. The number of aryl methyl sites for hydroxylation is 3. The van der Waals surface area contributed by atoms with Crippen molar-refractivity contribution in [1.29, 1.82) is 0 Å². The van der Waals surface area contributed by atoms with Crippen LogP contribution in [0.3, 0.4) is 0 Å². The number of rotatable bonds is 1. The molecular formula is C14H15FN2. The summed E-state index contributed by atoms with van der Waals surface area (Å²) in [6.45, 7) is 5.67. The van der Waals surface area contributed by atoms with Gasteiger partial charge < -0.3 is 5.73 Å². The summed E-state index contributed by atoms with van der Waals surface area (Å²) in [4.78, 5) is 4.07. The molecule has 0 aliphatic heterocycles. The Morgan fingerprint density at radius 2 is 1.76 bits per heavy atom. The Morgan fingerprint density at radius 1 is 1.06 bits per heavy atom. The van der Waals surface area contributed by atoms with Gasteiger partial charge in [0.15, 0.2) is 0 Å². The molecule has 1 aromatic carbocycles. The molecule has 2 N–H and O–H groups in total. The predicted octanol–water partition coefficient (Wildman–Crippen LogP) is 3.40. The fraction of sp³-hybridized carbons (Fsp3) is 0.214. The molecule has 0 aliphatic carbocycles. The number of aromatic nitrogens is 1. The number of nitrogens with two attached hydrogens (primary N) is 1. The minimum Gasteiger partial charge on any atom is -0.383 e. The van der Waals surface area contributed by atoms with E-state index in [0.29, 0.717) is 16.9 Å². The highest BCUT2D eigenvalue weighted by molar-refractivity contribution is 5.77. The maximum Gasteiger partial charge on any atom is 0.131 e. The molecule has 0 amide bonds. The zero-order chi connectivity index (χ0) is 12.6. The van der Waals surface area contributed by atoms with Crippen LogP contribution in [0.25, 0.3) is 11.1 Å². The van der Waals surface area contributed by atoms with E-state index in [9.17, 15) is 4.39 Å². The van der Waals surface area contributed by atoms with Gasteiger partial charge in [-0.05, 0) is 49.6 Å². The van der Waals surface area contributed by atoms with Gasteiger partial charge in [0.25, 0.3) is 0 Å². The summed E-state index contributed by atoms with van der Waals surface area (Å²) in [5.41, 5.74) is 9.78. The third-order valence-corrected chi connectivity index (χ3v) is 2.76. The van der Waals surface area contributed by atoms with Crippen molar-refractivity contribution in [3.8, 4) is 11.1 Å². The van der Waals surface area contributed by atoms with Crippen LogP contribution >= 0.6 is 0 Å². The Morgan fingerprint density at radius 3 is 2.41 bits per heavy atom. The minimum atomic E-state index is -0.249. The second-order valence-electron chi connectivity index (χ2n) is 4.38. The normalized spacial score (nSPS) is 10.6. The number of benzene rings is 1. The van der Waals surface area contributed by atoms with Gasteiger partial charge in [-0.1, -0.05) is 6.07 Å². The molecule has 1 heterocycles. The van der Waals surface area contributed by atoms with Crippen molar-refractivity contribution < 1.29 is 4.39 Å². The fourth-order valence-electron chi connectivity index (χ4n) is 2.04. The summed E-state index contributed by atoms with van der Waals surface area (Å²) in [5.74, 6) is 0.114. The van der Waals surface area contributed by atoms with Crippen LogP contribution in [0.5, 0.6) is 0 Å². The van der Waals surface area contributed by atoms with Crippen LogP contribution in [0.1, 0.15) is 16.7 Å². The summed E-state index contributed by atoms with van der Waals surface area (Å²) in [7, 11) is 0. The van der Waals surface area contributed by atoms with E-state index in [1.54, 1.807) is 6.20 Å². The Labute approximate surface area is 100 Å². The molecule has 0 unspecified atom stereocenters.